The van der Waals surface area contributed by atoms with Gasteiger partial charge in [-0.3, -0.25) is 9.59 Å². The number of aromatic nitrogens is 2. The third-order valence-electron chi connectivity index (χ3n) is 7.04. The number of allylic oxidation sites excluding steroid dienone is 2. The highest BCUT2D eigenvalue weighted by molar-refractivity contribution is 5.94. The second-order valence-electron chi connectivity index (χ2n) is 9.23. The van der Waals surface area contributed by atoms with Gasteiger partial charge in [0.15, 0.2) is 0 Å². The normalized spacial score (nSPS) is 23.3. The van der Waals surface area contributed by atoms with Crippen LogP contribution in [0.4, 0.5) is 4.39 Å². The summed E-state index contributed by atoms with van der Waals surface area (Å²) in [7, 11) is 0. The fourth-order valence-electron chi connectivity index (χ4n) is 5.24. The van der Waals surface area contributed by atoms with Crippen LogP contribution in [0.5, 0.6) is 0 Å². The first-order valence-corrected chi connectivity index (χ1v) is 11.6. The van der Waals surface area contributed by atoms with Crippen LogP contribution in [0, 0.1) is 11.7 Å². The molecule has 1 aliphatic carbocycles. The average molecular weight is 437 g/mol. The molecule has 1 saturated heterocycles. The second kappa shape index (κ2) is 8.98. The third-order valence-corrected chi connectivity index (χ3v) is 7.04. The predicted octanol–water partition coefficient (Wildman–Crippen LogP) is 3.25. The van der Waals surface area contributed by atoms with Gasteiger partial charge in [-0.25, -0.2) is 9.37 Å². The number of aromatic amines is 1. The highest BCUT2D eigenvalue weighted by Crippen LogP contribution is 2.28. The van der Waals surface area contributed by atoms with Gasteiger partial charge in [0.1, 0.15) is 11.6 Å². The Bertz CT molecular complexity index is 1100. The number of H-pyrrole nitrogens is 1. The van der Waals surface area contributed by atoms with Crippen LogP contribution in [0.25, 0.3) is 0 Å². The molecule has 1 fully saturated rings. The van der Waals surface area contributed by atoms with E-state index in [1.807, 2.05) is 0 Å². The minimum absolute atomic E-state index is 0.0602. The zero-order valence-electron chi connectivity index (χ0n) is 18.2. The summed E-state index contributed by atoms with van der Waals surface area (Å²) in [4.78, 5) is 37.5. The van der Waals surface area contributed by atoms with E-state index in [1.165, 1.54) is 25.0 Å². The number of nitrogens with one attached hydrogen (secondary N) is 1. The molecule has 2 aromatic rings. The molecule has 1 aromatic carbocycles. The van der Waals surface area contributed by atoms with E-state index in [2.05, 4.69) is 22.0 Å². The van der Waals surface area contributed by atoms with Crippen molar-refractivity contribution in [2.24, 2.45) is 5.92 Å². The van der Waals surface area contributed by atoms with Gasteiger partial charge in [0, 0.05) is 31.1 Å². The number of halogens is 1. The van der Waals surface area contributed by atoms with Crippen LogP contribution < -0.4 is 5.56 Å². The fraction of sp³-hybridized carbons (Fsp3) is 0.480. The van der Waals surface area contributed by atoms with Crippen LogP contribution in [-0.2, 0) is 13.0 Å². The molecule has 6 nitrogen and oxygen atoms in total. The number of hydrogen-bond acceptors (Lipinski definition) is 4. The van der Waals surface area contributed by atoms with Crippen LogP contribution in [0.3, 0.4) is 0 Å². The molecule has 0 saturated carbocycles. The quantitative estimate of drug-likeness (QED) is 0.747. The highest BCUT2D eigenvalue weighted by atomic mass is 19.1. The number of likely N-dealkylation sites (tertiary alicyclic amines) is 1. The zero-order valence-corrected chi connectivity index (χ0v) is 18.2. The first-order chi connectivity index (χ1) is 15.6. The van der Waals surface area contributed by atoms with Crippen LogP contribution in [-0.4, -0.2) is 51.9 Å². The molecule has 0 spiro atoms. The number of rotatable bonds is 4. The lowest BCUT2D eigenvalue weighted by Crippen LogP contribution is -2.40. The number of amides is 1. The Balaban J connectivity index is 1.30. The maximum absolute atomic E-state index is 14.1. The van der Waals surface area contributed by atoms with Gasteiger partial charge < -0.3 is 14.8 Å². The lowest BCUT2D eigenvalue weighted by Gasteiger charge is -2.28. The largest absolute Gasteiger partial charge is 0.332 e. The van der Waals surface area contributed by atoms with Crippen LogP contribution in [0.15, 0.2) is 41.2 Å². The van der Waals surface area contributed by atoms with Gasteiger partial charge in [-0.2, -0.15) is 0 Å². The van der Waals surface area contributed by atoms with Crippen molar-refractivity contribution in [1.29, 1.82) is 0 Å². The van der Waals surface area contributed by atoms with Crippen molar-refractivity contribution in [3.05, 3.63) is 75.2 Å². The van der Waals surface area contributed by atoms with E-state index in [9.17, 15) is 14.0 Å². The number of nitrogens with zero attached hydrogens (tertiary/aromatic N) is 3. The number of carbonyl (C=O) groups excluding carboxylic acids is 1. The van der Waals surface area contributed by atoms with E-state index in [1.54, 1.807) is 17.0 Å². The molecule has 3 heterocycles. The summed E-state index contributed by atoms with van der Waals surface area (Å²) in [6.07, 6.45) is 9.54. The van der Waals surface area contributed by atoms with Gasteiger partial charge in [-0.15, -0.1) is 0 Å². The van der Waals surface area contributed by atoms with Gasteiger partial charge in [0.25, 0.3) is 11.5 Å². The lowest BCUT2D eigenvalue weighted by atomic mass is 9.94. The number of benzene rings is 1. The smallest absolute Gasteiger partial charge is 0.257 e. The third kappa shape index (κ3) is 4.26. The first kappa shape index (κ1) is 21.1. The fourth-order valence-corrected chi connectivity index (χ4v) is 5.24. The predicted molar refractivity (Wildman–Crippen MR) is 120 cm³/mol. The van der Waals surface area contributed by atoms with Crippen LogP contribution >= 0.6 is 0 Å². The van der Waals surface area contributed by atoms with Gasteiger partial charge in [0.05, 0.1) is 17.8 Å². The van der Waals surface area contributed by atoms with Crippen molar-refractivity contribution in [2.75, 3.05) is 26.2 Å². The molecule has 0 radical (unpaired) electrons. The number of carbonyl (C=O) groups is 1. The van der Waals surface area contributed by atoms with Crippen molar-refractivity contribution in [1.82, 2.24) is 19.8 Å². The number of fused-ring (bicyclic) bond motifs is 1. The topological polar surface area (TPSA) is 69.3 Å². The van der Waals surface area contributed by atoms with Crippen LogP contribution in [0.2, 0.25) is 0 Å². The Kier molecular flexibility index (Phi) is 5.91. The van der Waals surface area contributed by atoms with Crippen LogP contribution in [0.1, 0.15) is 59.0 Å². The second-order valence-corrected chi connectivity index (χ2v) is 9.23. The van der Waals surface area contributed by atoms with Gasteiger partial charge >= 0.3 is 0 Å². The lowest BCUT2D eigenvalue weighted by molar-refractivity contribution is 0.0726. The molecular weight excluding hydrogens is 407 g/mol. The molecule has 5 rings (SSSR count). The van der Waals surface area contributed by atoms with Gasteiger partial charge in [-0.1, -0.05) is 24.3 Å². The maximum atomic E-state index is 14.1. The zero-order chi connectivity index (χ0) is 22.1. The van der Waals surface area contributed by atoms with E-state index in [4.69, 9.17) is 4.98 Å². The Labute approximate surface area is 187 Å². The Hall–Kier alpha value is -2.80. The van der Waals surface area contributed by atoms with Crippen molar-refractivity contribution in [2.45, 2.75) is 44.6 Å². The average Bonchev–Trinajstić information content (AvgIpc) is 3.28. The van der Waals surface area contributed by atoms with Crippen molar-refractivity contribution in [3.8, 4) is 0 Å². The molecule has 0 unspecified atom stereocenters. The van der Waals surface area contributed by atoms with Crippen molar-refractivity contribution >= 4 is 5.91 Å². The maximum Gasteiger partial charge on any atom is 0.257 e. The first-order valence-electron chi connectivity index (χ1n) is 11.6. The summed E-state index contributed by atoms with van der Waals surface area (Å²) < 4.78 is 14.1. The highest BCUT2D eigenvalue weighted by Gasteiger charge is 2.31. The monoisotopic (exact) mass is 436 g/mol. The Morgan fingerprint density at radius 2 is 2.06 bits per heavy atom. The van der Waals surface area contributed by atoms with Gasteiger partial charge in [0.2, 0.25) is 0 Å². The van der Waals surface area contributed by atoms with Gasteiger partial charge in [-0.05, 0) is 56.7 Å². The minimum Gasteiger partial charge on any atom is -0.332 e. The molecule has 1 amide bonds. The molecule has 0 bridgehead atoms. The van der Waals surface area contributed by atoms with Crippen molar-refractivity contribution in [3.63, 3.8) is 0 Å². The standard InChI is InChI=1S/C25H29FN4O2/c26-21-9-5-4-8-19(21)25(32)30-13-11-20-22(16-30)27-23(28-24(20)31)18-10-12-29(15-18)14-17-6-2-1-3-7-17/h1-2,4-5,8-9,17-18H,3,6-7,10-16H2,(H,27,28,31)/t17-,18+/m1/s1. The Morgan fingerprint density at radius 1 is 1.19 bits per heavy atom. The van der Waals surface area contributed by atoms with E-state index in [0.717, 1.165) is 38.3 Å². The summed E-state index contributed by atoms with van der Waals surface area (Å²) in [6, 6.07) is 6.02. The minimum atomic E-state index is -0.526. The van der Waals surface area contributed by atoms with Crippen molar-refractivity contribution < 1.29 is 9.18 Å². The molecule has 2 atom stereocenters. The SMILES string of the molecule is O=C(c1ccccc1F)N1CCc2c(nc([C@H]3CCN(C[C@@H]4CC=CCC4)C3)[nH]c2=O)C1. The molecule has 3 aliphatic rings. The molecule has 32 heavy (non-hydrogen) atoms. The van der Waals surface area contributed by atoms with E-state index in [0.29, 0.717) is 30.1 Å². The molecule has 168 valence electrons. The van der Waals surface area contributed by atoms with E-state index < -0.39 is 5.82 Å². The molecule has 1 aromatic heterocycles. The molecular formula is C25H29FN4O2. The summed E-state index contributed by atoms with van der Waals surface area (Å²) in [5.74, 6) is 0.755. The summed E-state index contributed by atoms with van der Waals surface area (Å²) >= 11 is 0. The molecule has 7 heteroatoms. The molecule has 1 N–H and O–H groups in total. The Morgan fingerprint density at radius 3 is 2.88 bits per heavy atom. The summed E-state index contributed by atoms with van der Waals surface area (Å²) in [5.41, 5.74) is 1.26. The van der Waals surface area contributed by atoms with E-state index >= 15 is 0 Å². The molecule has 2 aliphatic heterocycles. The number of hydrogen-bond donors (Lipinski definition) is 1. The summed E-state index contributed by atoms with van der Waals surface area (Å²) in [6.45, 7) is 3.64. The summed E-state index contributed by atoms with van der Waals surface area (Å²) in [5, 5.41) is 0. The van der Waals surface area contributed by atoms with E-state index in [-0.39, 0.29) is 29.5 Å².